The number of carboxylic acid groups (broad SMARTS) is 1. The maximum absolute atomic E-state index is 10.4. The van der Waals surface area contributed by atoms with Gasteiger partial charge in [-0.1, -0.05) is 11.6 Å². The highest BCUT2D eigenvalue weighted by molar-refractivity contribution is 6.29. The third-order valence-electron chi connectivity index (χ3n) is 2.22. The van der Waals surface area contributed by atoms with Crippen molar-refractivity contribution in [1.82, 2.24) is 14.8 Å². The summed E-state index contributed by atoms with van der Waals surface area (Å²) in [4.78, 5) is 14.4. The van der Waals surface area contributed by atoms with E-state index in [1.807, 2.05) is 0 Å². The highest BCUT2D eigenvalue weighted by Gasteiger charge is 2.09. The number of ether oxygens (including phenoxy) is 1. The van der Waals surface area contributed by atoms with Gasteiger partial charge in [-0.2, -0.15) is 0 Å². The summed E-state index contributed by atoms with van der Waals surface area (Å²) in [7, 11) is 1.73. The molecule has 0 spiro atoms. The van der Waals surface area contributed by atoms with Crippen LogP contribution in [0.15, 0.2) is 24.4 Å². The summed E-state index contributed by atoms with van der Waals surface area (Å²) < 4.78 is 6.58. The summed E-state index contributed by atoms with van der Waals surface area (Å²) >= 11 is 5.71. The Labute approximate surface area is 108 Å². The molecule has 0 saturated carbocycles. The van der Waals surface area contributed by atoms with E-state index in [0.717, 1.165) is 11.3 Å². The van der Waals surface area contributed by atoms with Crippen LogP contribution in [0.4, 0.5) is 0 Å². The lowest BCUT2D eigenvalue weighted by Gasteiger charge is -1.99. The highest BCUT2D eigenvalue weighted by atomic mass is 35.5. The minimum absolute atomic E-state index is 0.254. The second kappa shape index (κ2) is 5.05. The molecule has 0 aliphatic rings. The van der Waals surface area contributed by atoms with E-state index in [4.69, 9.17) is 21.4 Å². The zero-order chi connectivity index (χ0) is 13.1. The molecule has 0 radical (unpaired) electrons. The van der Waals surface area contributed by atoms with Gasteiger partial charge in [-0.15, -0.1) is 5.10 Å². The van der Waals surface area contributed by atoms with Gasteiger partial charge in [0, 0.05) is 24.9 Å². The Morgan fingerprint density at radius 2 is 2.33 bits per heavy atom. The normalized spacial score (nSPS) is 10.3. The zero-order valence-electron chi connectivity index (χ0n) is 9.50. The first-order valence-electron chi connectivity index (χ1n) is 5.07. The summed E-state index contributed by atoms with van der Waals surface area (Å²) in [6.07, 6.45) is 1.61. The van der Waals surface area contributed by atoms with Crippen molar-refractivity contribution in [2.75, 3.05) is 6.61 Å². The molecule has 0 amide bonds. The van der Waals surface area contributed by atoms with Crippen LogP contribution in [-0.4, -0.2) is 32.4 Å². The molecule has 7 heteroatoms. The molecule has 2 rings (SSSR count). The number of rotatable bonds is 4. The van der Waals surface area contributed by atoms with Crippen LogP contribution in [0, 0.1) is 0 Å². The van der Waals surface area contributed by atoms with Gasteiger partial charge in [0.15, 0.2) is 6.61 Å². The van der Waals surface area contributed by atoms with Crippen molar-refractivity contribution >= 4 is 17.6 Å². The maximum atomic E-state index is 10.4. The number of pyridine rings is 1. The first-order valence-corrected chi connectivity index (χ1v) is 5.44. The molecule has 0 fully saturated rings. The molecule has 2 aromatic rings. The van der Waals surface area contributed by atoms with E-state index in [2.05, 4.69) is 10.1 Å². The second-order valence-corrected chi connectivity index (χ2v) is 3.93. The standard InChI is InChI=1S/C11H10ClN3O3/c1-15-8(7-2-3-9(12)13-5-7)4-10(14-15)18-6-11(16)17/h2-5H,6H2,1H3,(H,16,17). The molecule has 0 atom stereocenters. The van der Waals surface area contributed by atoms with E-state index in [0.29, 0.717) is 5.15 Å². The minimum atomic E-state index is -1.05. The minimum Gasteiger partial charge on any atom is -0.479 e. The van der Waals surface area contributed by atoms with Gasteiger partial charge >= 0.3 is 5.97 Å². The number of halogens is 1. The Kier molecular flexibility index (Phi) is 3.47. The van der Waals surface area contributed by atoms with Crippen molar-refractivity contribution in [1.29, 1.82) is 0 Å². The number of carboxylic acids is 1. The number of hydrogen-bond donors (Lipinski definition) is 1. The van der Waals surface area contributed by atoms with Gasteiger partial charge in [-0.05, 0) is 12.1 Å². The SMILES string of the molecule is Cn1nc(OCC(=O)O)cc1-c1ccc(Cl)nc1. The van der Waals surface area contributed by atoms with E-state index in [1.54, 1.807) is 36.1 Å². The summed E-state index contributed by atoms with van der Waals surface area (Å²) in [5, 5.41) is 13.0. The van der Waals surface area contributed by atoms with Crippen molar-refractivity contribution in [3.8, 4) is 17.1 Å². The quantitative estimate of drug-likeness (QED) is 0.852. The second-order valence-electron chi connectivity index (χ2n) is 3.54. The average molecular weight is 268 g/mol. The molecule has 6 nitrogen and oxygen atoms in total. The average Bonchev–Trinajstić information content (AvgIpc) is 2.69. The largest absolute Gasteiger partial charge is 0.479 e. The monoisotopic (exact) mass is 267 g/mol. The lowest BCUT2D eigenvalue weighted by Crippen LogP contribution is -2.09. The Hall–Kier alpha value is -2.08. The fourth-order valence-corrected chi connectivity index (χ4v) is 1.56. The third-order valence-corrected chi connectivity index (χ3v) is 2.45. The van der Waals surface area contributed by atoms with Crippen molar-refractivity contribution in [2.24, 2.45) is 7.05 Å². The Morgan fingerprint density at radius 3 is 2.94 bits per heavy atom. The van der Waals surface area contributed by atoms with Gasteiger partial charge < -0.3 is 9.84 Å². The van der Waals surface area contributed by atoms with Crippen molar-refractivity contribution < 1.29 is 14.6 Å². The number of nitrogens with zero attached hydrogens (tertiary/aromatic N) is 3. The molecule has 0 aliphatic carbocycles. The molecule has 0 unspecified atom stereocenters. The van der Waals surface area contributed by atoms with Crippen LogP contribution in [0.25, 0.3) is 11.3 Å². The number of aliphatic carboxylic acids is 1. The molecule has 2 aromatic heterocycles. The molecule has 94 valence electrons. The van der Waals surface area contributed by atoms with E-state index in [1.165, 1.54) is 0 Å². The van der Waals surface area contributed by atoms with Gasteiger partial charge in [-0.3, -0.25) is 4.68 Å². The highest BCUT2D eigenvalue weighted by Crippen LogP contribution is 2.23. The lowest BCUT2D eigenvalue weighted by molar-refractivity contribution is -0.139. The van der Waals surface area contributed by atoms with Gasteiger partial charge in [0.2, 0.25) is 5.88 Å². The molecule has 0 bridgehead atoms. The molecule has 0 saturated heterocycles. The predicted molar refractivity (Wildman–Crippen MR) is 64.6 cm³/mol. The molecule has 2 heterocycles. The van der Waals surface area contributed by atoms with Gasteiger partial charge in [0.05, 0.1) is 5.69 Å². The lowest BCUT2D eigenvalue weighted by atomic mass is 10.2. The first kappa shape index (κ1) is 12.4. The predicted octanol–water partition coefficient (Wildman–Crippen LogP) is 1.60. The molecule has 1 N–H and O–H groups in total. The van der Waals surface area contributed by atoms with Crippen LogP contribution in [0.5, 0.6) is 5.88 Å². The number of hydrogen-bond acceptors (Lipinski definition) is 4. The molecular weight excluding hydrogens is 258 g/mol. The number of carbonyl (C=O) groups is 1. The molecule has 0 aromatic carbocycles. The van der Waals surface area contributed by atoms with E-state index in [-0.39, 0.29) is 5.88 Å². The van der Waals surface area contributed by atoms with Crippen LogP contribution < -0.4 is 4.74 Å². The topological polar surface area (TPSA) is 77.2 Å². The zero-order valence-corrected chi connectivity index (χ0v) is 10.3. The summed E-state index contributed by atoms with van der Waals surface area (Å²) in [6.45, 7) is -0.421. The Balaban J connectivity index is 2.23. The maximum Gasteiger partial charge on any atom is 0.341 e. The number of aryl methyl sites for hydroxylation is 1. The van der Waals surface area contributed by atoms with Gasteiger partial charge in [0.25, 0.3) is 0 Å². The Morgan fingerprint density at radius 1 is 1.56 bits per heavy atom. The van der Waals surface area contributed by atoms with Crippen molar-refractivity contribution in [2.45, 2.75) is 0 Å². The van der Waals surface area contributed by atoms with E-state index >= 15 is 0 Å². The van der Waals surface area contributed by atoms with Gasteiger partial charge in [-0.25, -0.2) is 9.78 Å². The first-order chi connectivity index (χ1) is 8.56. The van der Waals surface area contributed by atoms with Crippen molar-refractivity contribution in [3.63, 3.8) is 0 Å². The van der Waals surface area contributed by atoms with Gasteiger partial charge in [0.1, 0.15) is 5.15 Å². The Bertz CT molecular complexity index is 565. The van der Waals surface area contributed by atoms with Crippen LogP contribution in [-0.2, 0) is 11.8 Å². The molecular formula is C11H10ClN3O3. The van der Waals surface area contributed by atoms with Crippen LogP contribution in [0.3, 0.4) is 0 Å². The van der Waals surface area contributed by atoms with E-state index < -0.39 is 12.6 Å². The summed E-state index contributed by atoms with van der Waals surface area (Å²) in [6, 6.07) is 5.11. The van der Waals surface area contributed by atoms with E-state index in [9.17, 15) is 4.79 Å². The summed E-state index contributed by atoms with van der Waals surface area (Å²) in [5.74, 6) is -0.791. The smallest absolute Gasteiger partial charge is 0.341 e. The third kappa shape index (κ3) is 2.78. The summed E-state index contributed by atoms with van der Waals surface area (Å²) in [5.41, 5.74) is 1.58. The fourth-order valence-electron chi connectivity index (χ4n) is 1.44. The van der Waals surface area contributed by atoms with Crippen molar-refractivity contribution in [3.05, 3.63) is 29.5 Å². The van der Waals surface area contributed by atoms with Crippen LogP contribution in [0.2, 0.25) is 5.15 Å². The molecule has 0 aliphatic heterocycles. The van der Waals surface area contributed by atoms with Crippen LogP contribution >= 0.6 is 11.6 Å². The fraction of sp³-hybridized carbons (Fsp3) is 0.182. The molecule has 18 heavy (non-hydrogen) atoms. The number of aromatic nitrogens is 3. The van der Waals surface area contributed by atoms with Crippen LogP contribution in [0.1, 0.15) is 0 Å².